The Morgan fingerprint density at radius 3 is 2.53 bits per heavy atom. The van der Waals surface area contributed by atoms with Crippen LogP contribution in [0.5, 0.6) is 0 Å². The Bertz CT molecular complexity index is 471. The molecular formula is C13H17ClN2O3. The minimum absolute atomic E-state index is 0.169. The minimum atomic E-state index is -1.06. The molecule has 1 amide bonds. The van der Waals surface area contributed by atoms with Gasteiger partial charge in [0.25, 0.3) is 5.91 Å². The molecule has 1 rings (SSSR count). The highest BCUT2D eigenvalue weighted by molar-refractivity contribution is 6.31. The Kier molecular flexibility index (Phi) is 5.18. The van der Waals surface area contributed by atoms with Crippen molar-refractivity contribution >= 4 is 29.2 Å². The molecule has 0 aliphatic heterocycles. The number of nitrogens with two attached hydrogens (primary N) is 1. The summed E-state index contributed by atoms with van der Waals surface area (Å²) in [5.74, 6) is -1.72. The van der Waals surface area contributed by atoms with E-state index in [9.17, 15) is 9.59 Å². The van der Waals surface area contributed by atoms with Crippen LogP contribution in [-0.2, 0) is 4.79 Å². The van der Waals surface area contributed by atoms with Gasteiger partial charge in [0, 0.05) is 16.3 Å². The number of rotatable bonds is 5. The first-order valence-electron chi connectivity index (χ1n) is 5.94. The van der Waals surface area contributed by atoms with Crippen LogP contribution in [0.15, 0.2) is 18.2 Å². The molecule has 1 aromatic rings. The number of aliphatic carboxylic acids is 1. The number of carbonyl (C=O) groups excluding carboxylic acids is 1. The van der Waals surface area contributed by atoms with Crippen molar-refractivity contribution in [3.05, 3.63) is 28.8 Å². The summed E-state index contributed by atoms with van der Waals surface area (Å²) in [6.07, 6.45) is 0.648. The first-order valence-corrected chi connectivity index (χ1v) is 6.32. The predicted octanol–water partition coefficient (Wildman–Crippen LogP) is 2.15. The van der Waals surface area contributed by atoms with Crippen LogP contribution in [0, 0.1) is 5.92 Å². The average molecular weight is 285 g/mol. The first kappa shape index (κ1) is 15.3. The second kappa shape index (κ2) is 6.43. The Hall–Kier alpha value is -1.75. The molecule has 5 nitrogen and oxygen atoms in total. The lowest BCUT2D eigenvalue weighted by atomic mass is 9.99. The van der Waals surface area contributed by atoms with E-state index in [0.29, 0.717) is 17.1 Å². The third-order valence-corrected chi connectivity index (χ3v) is 3.17. The van der Waals surface area contributed by atoms with Gasteiger partial charge in [-0.25, -0.2) is 4.79 Å². The molecule has 1 aromatic carbocycles. The van der Waals surface area contributed by atoms with E-state index >= 15 is 0 Å². The van der Waals surface area contributed by atoms with Crippen LogP contribution in [0.3, 0.4) is 0 Å². The van der Waals surface area contributed by atoms with E-state index in [1.807, 2.05) is 6.92 Å². The molecule has 0 heterocycles. The maximum absolute atomic E-state index is 12.0. The fourth-order valence-electron chi connectivity index (χ4n) is 1.65. The number of anilines is 1. The van der Waals surface area contributed by atoms with Crippen molar-refractivity contribution < 1.29 is 14.7 Å². The first-order chi connectivity index (χ1) is 8.85. The predicted molar refractivity (Wildman–Crippen MR) is 74.2 cm³/mol. The van der Waals surface area contributed by atoms with Crippen molar-refractivity contribution in [3.63, 3.8) is 0 Å². The van der Waals surface area contributed by atoms with Gasteiger partial charge < -0.3 is 16.2 Å². The largest absolute Gasteiger partial charge is 0.480 e. The molecule has 19 heavy (non-hydrogen) atoms. The summed E-state index contributed by atoms with van der Waals surface area (Å²) >= 11 is 5.81. The molecule has 0 saturated heterocycles. The zero-order valence-corrected chi connectivity index (χ0v) is 11.6. The number of benzene rings is 1. The van der Waals surface area contributed by atoms with Crippen molar-refractivity contribution in [1.29, 1.82) is 0 Å². The lowest BCUT2D eigenvalue weighted by molar-refractivity contribution is -0.140. The fourth-order valence-corrected chi connectivity index (χ4v) is 1.89. The Balaban J connectivity index is 2.90. The highest BCUT2D eigenvalue weighted by atomic mass is 35.5. The number of nitrogens with one attached hydrogen (secondary N) is 1. The van der Waals surface area contributed by atoms with E-state index < -0.39 is 17.9 Å². The molecule has 0 spiro atoms. The van der Waals surface area contributed by atoms with Crippen LogP contribution in [-0.4, -0.2) is 23.0 Å². The van der Waals surface area contributed by atoms with Gasteiger partial charge in [-0.05, 0) is 24.1 Å². The van der Waals surface area contributed by atoms with Crippen LogP contribution in [0.25, 0.3) is 0 Å². The van der Waals surface area contributed by atoms with Gasteiger partial charge in [0.15, 0.2) is 0 Å². The second-order valence-electron chi connectivity index (χ2n) is 4.45. The zero-order valence-electron chi connectivity index (χ0n) is 10.8. The Morgan fingerprint density at radius 1 is 1.42 bits per heavy atom. The summed E-state index contributed by atoms with van der Waals surface area (Å²) in [5, 5.41) is 11.9. The van der Waals surface area contributed by atoms with Gasteiger partial charge in [0.05, 0.1) is 0 Å². The van der Waals surface area contributed by atoms with Gasteiger partial charge >= 0.3 is 5.97 Å². The number of hydrogen-bond acceptors (Lipinski definition) is 3. The summed E-state index contributed by atoms with van der Waals surface area (Å²) in [6, 6.07) is 3.49. The molecule has 0 radical (unpaired) electrons. The van der Waals surface area contributed by atoms with Gasteiger partial charge in [0.2, 0.25) is 0 Å². The van der Waals surface area contributed by atoms with Crippen molar-refractivity contribution in [3.8, 4) is 0 Å². The highest BCUT2D eigenvalue weighted by Gasteiger charge is 2.25. The molecule has 0 saturated carbocycles. The van der Waals surface area contributed by atoms with E-state index in [1.165, 1.54) is 18.2 Å². The number of halogens is 1. The summed E-state index contributed by atoms with van der Waals surface area (Å²) in [7, 11) is 0. The van der Waals surface area contributed by atoms with Crippen LogP contribution in [0.4, 0.5) is 5.69 Å². The van der Waals surface area contributed by atoms with Crippen LogP contribution in [0.2, 0.25) is 5.02 Å². The lowest BCUT2D eigenvalue weighted by Crippen LogP contribution is -2.45. The monoisotopic (exact) mass is 284 g/mol. The normalized spacial score (nSPS) is 13.6. The van der Waals surface area contributed by atoms with Gasteiger partial charge in [0.1, 0.15) is 6.04 Å². The maximum Gasteiger partial charge on any atom is 0.326 e. The Morgan fingerprint density at radius 2 is 2.05 bits per heavy atom. The minimum Gasteiger partial charge on any atom is -0.480 e. The van der Waals surface area contributed by atoms with E-state index in [4.69, 9.17) is 22.4 Å². The molecule has 4 N–H and O–H groups in total. The molecule has 0 bridgehead atoms. The molecule has 104 valence electrons. The van der Waals surface area contributed by atoms with Crippen molar-refractivity contribution in [2.24, 2.45) is 5.92 Å². The van der Waals surface area contributed by atoms with Crippen LogP contribution in [0.1, 0.15) is 30.6 Å². The van der Waals surface area contributed by atoms with Gasteiger partial charge in [-0.1, -0.05) is 31.9 Å². The lowest BCUT2D eigenvalue weighted by Gasteiger charge is -2.20. The molecule has 6 heteroatoms. The maximum atomic E-state index is 12.0. The van der Waals surface area contributed by atoms with E-state index in [0.717, 1.165) is 0 Å². The highest BCUT2D eigenvalue weighted by Crippen LogP contribution is 2.17. The van der Waals surface area contributed by atoms with Crippen LogP contribution >= 0.6 is 11.6 Å². The molecule has 0 aliphatic carbocycles. The number of hydrogen-bond donors (Lipinski definition) is 3. The standard InChI is InChI=1S/C13H17ClN2O3/c1-3-7(2)11(13(18)19)16-12(17)8-4-9(14)6-10(15)5-8/h4-7,11H,3,15H2,1-2H3,(H,16,17)(H,18,19)/t7?,11-/m0/s1. The van der Waals surface area contributed by atoms with E-state index in [-0.39, 0.29) is 11.5 Å². The summed E-state index contributed by atoms with van der Waals surface area (Å²) in [4.78, 5) is 23.1. The fraction of sp³-hybridized carbons (Fsp3) is 0.385. The van der Waals surface area contributed by atoms with Crippen molar-refractivity contribution in [2.45, 2.75) is 26.3 Å². The topological polar surface area (TPSA) is 92.4 Å². The van der Waals surface area contributed by atoms with Gasteiger partial charge in [-0.2, -0.15) is 0 Å². The molecule has 0 aromatic heterocycles. The number of carbonyl (C=O) groups is 2. The van der Waals surface area contributed by atoms with E-state index in [1.54, 1.807) is 6.92 Å². The van der Waals surface area contributed by atoms with Crippen molar-refractivity contribution in [2.75, 3.05) is 5.73 Å². The quantitative estimate of drug-likeness (QED) is 0.722. The summed E-state index contributed by atoms with van der Waals surface area (Å²) in [6.45, 7) is 3.63. The molecule has 0 fully saturated rings. The number of carboxylic acids is 1. The number of amides is 1. The molecule has 1 unspecified atom stereocenters. The third-order valence-electron chi connectivity index (χ3n) is 2.95. The Labute approximate surface area is 116 Å². The molecular weight excluding hydrogens is 268 g/mol. The third kappa shape index (κ3) is 4.13. The molecule has 0 aliphatic rings. The van der Waals surface area contributed by atoms with E-state index in [2.05, 4.69) is 5.32 Å². The van der Waals surface area contributed by atoms with Gasteiger partial charge in [-0.15, -0.1) is 0 Å². The van der Waals surface area contributed by atoms with Crippen molar-refractivity contribution in [1.82, 2.24) is 5.32 Å². The SMILES string of the molecule is CCC(C)[C@H](NC(=O)c1cc(N)cc(Cl)c1)C(=O)O. The summed E-state index contributed by atoms with van der Waals surface area (Å²) in [5.41, 5.74) is 6.20. The zero-order chi connectivity index (χ0) is 14.6. The molecule has 2 atom stereocenters. The van der Waals surface area contributed by atoms with Gasteiger partial charge in [-0.3, -0.25) is 4.79 Å². The second-order valence-corrected chi connectivity index (χ2v) is 4.88. The smallest absolute Gasteiger partial charge is 0.326 e. The summed E-state index contributed by atoms with van der Waals surface area (Å²) < 4.78 is 0. The van der Waals surface area contributed by atoms with Crippen LogP contribution < -0.4 is 11.1 Å². The number of nitrogen functional groups attached to an aromatic ring is 1. The number of carboxylic acid groups (broad SMARTS) is 1. The average Bonchev–Trinajstić information content (AvgIpc) is 2.33.